The molecule has 0 spiro atoms. The summed E-state index contributed by atoms with van der Waals surface area (Å²) >= 11 is 0. The molecule has 1 saturated carbocycles. The molecule has 2 heteroatoms. The van der Waals surface area contributed by atoms with Crippen LogP contribution in [0.3, 0.4) is 0 Å². The molecular formula is C17H27NO. The summed E-state index contributed by atoms with van der Waals surface area (Å²) in [6.07, 6.45) is 0. The van der Waals surface area contributed by atoms with Crippen LogP contribution >= 0.6 is 0 Å². The second-order valence-corrected chi connectivity index (χ2v) is 6.88. The largest absolute Gasteiger partial charge is 0.380 e. The highest BCUT2D eigenvalue weighted by Crippen LogP contribution is 2.67. The van der Waals surface area contributed by atoms with Crippen LogP contribution in [0, 0.1) is 16.7 Å². The lowest BCUT2D eigenvalue weighted by molar-refractivity contribution is 0.185. The zero-order valence-corrected chi connectivity index (χ0v) is 12.9. The Morgan fingerprint density at radius 1 is 1.11 bits per heavy atom. The minimum absolute atomic E-state index is 0.470. The third-order valence-corrected chi connectivity index (χ3v) is 5.30. The first kappa shape index (κ1) is 14.5. The molecule has 2 rings (SSSR count). The van der Waals surface area contributed by atoms with E-state index in [1.807, 2.05) is 0 Å². The number of hydrogen-bond acceptors (Lipinski definition) is 2. The van der Waals surface area contributed by atoms with Crippen molar-refractivity contribution in [2.24, 2.45) is 16.7 Å². The van der Waals surface area contributed by atoms with Gasteiger partial charge in [0.15, 0.2) is 0 Å². The Balaban J connectivity index is 1.82. The standard InChI is InChI=1S/C17H27NO/c1-16(2)15(17(16,3)4)11-18-10-13-7-6-8-14(9-13)12-19-5/h6-9,15,18H,10-12H2,1-5H3. The highest BCUT2D eigenvalue weighted by atomic mass is 16.5. The van der Waals surface area contributed by atoms with E-state index in [4.69, 9.17) is 4.74 Å². The van der Waals surface area contributed by atoms with Crippen LogP contribution in [0.2, 0.25) is 0 Å². The molecule has 0 heterocycles. The predicted molar refractivity (Wildman–Crippen MR) is 79.9 cm³/mol. The number of benzene rings is 1. The molecule has 106 valence electrons. The van der Waals surface area contributed by atoms with E-state index < -0.39 is 0 Å². The van der Waals surface area contributed by atoms with Crippen LogP contribution in [0.25, 0.3) is 0 Å². The summed E-state index contributed by atoms with van der Waals surface area (Å²) in [7, 11) is 1.74. The number of ether oxygens (including phenoxy) is 1. The molecule has 0 radical (unpaired) electrons. The molecule has 0 aromatic heterocycles. The van der Waals surface area contributed by atoms with Crippen molar-refractivity contribution in [1.29, 1.82) is 0 Å². The van der Waals surface area contributed by atoms with E-state index in [0.717, 1.165) is 19.0 Å². The SMILES string of the molecule is COCc1cccc(CNCC2C(C)(C)C2(C)C)c1. The van der Waals surface area contributed by atoms with Gasteiger partial charge in [0.25, 0.3) is 0 Å². The first-order valence-corrected chi connectivity index (χ1v) is 7.17. The van der Waals surface area contributed by atoms with E-state index in [-0.39, 0.29) is 0 Å². The van der Waals surface area contributed by atoms with E-state index in [1.165, 1.54) is 11.1 Å². The van der Waals surface area contributed by atoms with Crippen LogP contribution in [-0.2, 0) is 17.9 Å². The fourth-order valence-electron chi connectivity index (χ4n) is 3.20. The van der Waals surface area contributed by atoms with Crippen LogP contribution in [0.15, 0.2) is 24.3 Å². The molecule has 0 atom stereocenters. The zero-order chi connectivity index (χ0) is 14.1. The van der Waals surface area contributed by atoms with Gasteiger partial charge in [-0.15, -0.1) is 0 Å². The number of hydrogen-bond donors (Lipinski definition) is 1. The summed E-state index contributed by atoms with van der Waals surface area (Å²) in [5, 5.41) is 3.60. The van der Waals surface area contributed by atoms with Gasteiger partial charge in [0.2, 0.25) is 0 Å². The normalized spacial score (nSPS) is 20.5. The van der Waals surface area contributed by atoms with E-state index in [1.54, 1.807) is 7.11 Å². The van der Waals surface area contributed by atoms with Crippen LogP contribution in [0.4, 0.5) is 0 Å². The van der Waals surface area contributed by atoms with Crippen molar-refractivity contribution >= 4 is 0 Å². The maximum Gasteiger partial charge on any atom is 0.0713 e. The van der Waals surface area contributed by atoms with Gasteiger partial charge >= 0.3 is 0 Å². The van der Waals surface area contributed by atoms with Crippen LogP contribution in [0.5, 0.6) is 0 Å². The lowest BCUT2D eigenvalue weighted by Gasteiger charge is -2.08. The molecular weight excluding hydrogens is 234 g/mol. The highest BCUT2D eigenvalue weighted by molar-refractivity contribution is 5.23. The molecule has 0 aliphatic heterocycles. The Hall–Kier alpha value is -0.860. The quantitative estimate of drug-likeness (QED) is 0.844. The first-order valence-electron chi connectivity index (χ1n) is 7.17. The molecule has 0 unspecified atom stereocenters. The Morgan fingerprint density at radius 3 is 2.32 bits per heavy atom. The maximum absolute atomic E-state index is 5.17. The van der Waals surface area contributed by atoms with Gasteiger partial charge < -0.3 is 10.1 Å². The van der Waals surface area contributed by atoms with Gasteiger partial charge in [0.05, 0.1) is 6.61 Å². The van der Waals surface area contributed by atoms with Gasteiger partial charge in [0.1, 0.15) is 0 Å². The minimum Gasteiger partial charge on any atom is -0.380 e. The summed E-state index contributed by atoms with van der Waals surface area (Å²) in [5.74, 6) is 0.780. The second-order valence-electron chi connectivity index (χ2n) is 6.88. The fraction of sp³-hybridized carbons (Fsp3) is 0.647. The van der Waals surface area contributed by atoms with E-state index in [9.17, 15) is 0 Å². The van der Waals surface area contributed by atoms with E-state index >= 15 is 0 Å². The van der Waals surface area contributed by atoms with Gasteiger partial charge in [-0.25, -0.2) is 0 Å². The summed E-state index contributed by atoms with van der Waals surface area (Å²) in [4.78, 5) is 0. The monoisotopic (exact) mass is 261 g/mol. The van der Waals surface area contributed by atoms with E-state index in [2.05, 4.69) is 57.3 Å². The third-order valence-electron chi connectivity index (χ3n) is 5.30. The molecule has 1 N–H and O–H groups in total. The van der Waals surface area contributed by atoms with Crippen molar-refractivity contribution in [2.45, 2.75) is 40.8 Å². The second kappa shape index (κ2) is 5.26. The van der Waals surface area contributed by atoms with Crippen molar-refractivity contribution in [2.75, 3.05) is 13.7 Å². The lowest BCUT2D eigenvalue weighted by Crippen LogP contribution is -2.18. The number of rotatable bonds is 6. The molecule has 1 aliphatic rings. The van der Waals surface area contributed by atoms with Gasteiger partial charge in [-0.3, -0.25) is 0 Å². The van der Waals surface area contributed by atoms with Gasteiger partial charge in [-0.05, 0) is 34.4 Å². The van der Waals surface area contributed by atoms with Crippen LogP contribution < -0.4 is 5.32 Å². The van der Waals surface area contributed by atoms with Crippen LogP contribution in [0.1, 0.15) is 38.8 Å². The maximum atomic E-state index is 5.17. The average molecular weight is 261 g/mol. The number of methoxy groups -OCH3 is 1. The Morgan fingerprint density at radius 2 is 1.74 bits per heavy atom. The highest BCUT2D eigenvalue weighted by Gasteiger charge is 2.63. The molecule has 0 amide bonds. The minimum atomic E-state index is 0.470. The Bertz CT molecular complexity index is 423. The Labute approximate surface area is 117 Å². The van der Waals surface area contributed by atoms with Crippen molar-refractivity contribution in [3.05, 3.63) is 35.4 Å². The molecule has 1 aromatic carbocycles. The van der Waals surface area contributed by atoms with Crippen molar-refractivity contribution in [1.82, 2.24) is 5.32 Å². The lowest BCUT2D eigenvalue weighted by atomic mass is 10.0. The molecule has 0 bridgehead atoms. The van der Waals surface area contributed by atoms with Crippen LogP contribution in [-0.4, -0.2) is 13.7 Å². The van der Waals surface area contributed by atoms with Gasteiger partial charge in [0, 0.05) is 13.7 Å². The third kappa shape index (κ3) is 2.85. The van der Waals surface area contributed by atoms with Gasteiger partial charge in [-0.2, -0.15) is 0 Å². The zero-order valence-electron chi connectivity index (χ0n) is 12.9. The van der Waals surface area contributed by atoms with E-state index in [0.29, 0.717) is 17.4 Å². The molecule has 0 saturated heterocycles. The topological polar surface area (TPSA) is 21.3 Å². The van der Waals surface area contributed by atoms with Gasteiger partial charge in [-0.1, -0.05) is 52.0 Å². The fourth-order valence-corrected chi connectivity index (χ4v) is 3.20. The molecule has 1 fully saturated rings. The number of nitrogens with one attached hydrogen (secondary N) is 1. The molecule has 1 aromatic rings. The predicted octanol–water partition coefficient (Wildman–Crippen LogP) is 3.60. The molecule has 19 heavy (non-hydrogen) atoms. The Kier molecular flexibility index (Phi) is 4.03. The van der Waals surface area contributed by atoms with Crippen molar-refractivity contribution < 1.29 is 4.74 Å². The summed E-state index contributed by atoms with van der Waals surface area (Å²) in [6, 6.07) is 8.62. The van der Waals surface area contributed by atoms with Crippen molar-refractivity contribution in [3.63, 3.8) is 0 Å². The smallest absolute Gasteiger partial charge is 0.0713 e. The molecule has 2 nitrogen and oxygen atoms in total. The first-order chi connectivity index (χ1) is 8.89. The molecule has 1 aliphatic carbocycles. The van der Waals surface area contributed by atoms with Crippen molar-refractivity contribution in [3.8, 4) is 0 Å². The summed E-state index contributed by atoms with van der Waals surface area (Å²) < 4.78 is 5.17. The summed E-state index contributed by atoms with van der Waals surface area (Å²) in [6.45, 7) is 12.2. The summed E-state index contributed by atoms with van der Waals surface area (Å²) in [5.41, 5.74) is 3.52. The average Bonchev–Trinajstić information content (AvgIpc) is 2.72.